The molecule has 15 heavy (non-hydrogen) atoms. The molecule has 0 aliphatic heterocycles. The third-order valence-corrected chi connectivity index (χ3v) is 1.91. The number of rotatable bonds is 2. The molecule has 0 fully saturated rings. The molecule has 1 rings (SSSR count). The number of hydrogen-bond acceptors (Lipinski definition) is 2. The topological polar surface area (TPSA) is 67.2 Å². The lowest BCUT2D eigenvalue weighted by atomic mass is 10.3. The van der Waals surface area contributed by atoms with Gasteiger partial charge < -0.3 is 16.4 Å². The van der Waals surface area contributed by atoms with E-state index >= 15 is 0 Å². The van der Waals surface area contributed by atoms with Gasteiger partial charge in [0.15, 0.2) is 0 Å². The maximum Gasteiger partial charge on any atom is 0.323 e. The van der Waals surface area contributed by atoms with Gasteiger partial charge in [-0.2, -0.15) is 0 Å². The molecule has 0 saturated carbocycles. The fourth-order valence-electron chi connectivity index (χ4n) is 0.961. The molecule has 0 aliphatic carbocycles. The number of carbonyl (C=O) groups is 1. The van der Waals surface area contributed by atoms with Gasteiger partial charge in [-0.15, -0.1) is 0 Å². The number of nitrogens with one attached hydrogen (secondary N) is 2. The Kier molecular flexibility index (Phi) is 3.57. The zero-order valence-electron chi connectivity index (χ0n) is 8.30. The lowest BCUT2D eigenvalue weighted by Crippen LogP contribution is -2.26. The summed E-state index contributed by atoms with van der Waals surface area (Å²) in [5, 5.41) is 5.50. The van der Waals surface area contributed by atoms with Crippen molar-refractivity contribution in [1.82, 2.24) is 5.32 Å². The normalized spacial score (nSPS) is 9.47. The van der Waals surface area contributed by atoms with E-state index in [2.05, 4.69) is 17.2 Å². The molecule has 1 aromatic rings. The van der Waals surface area contributed by atoms with E-state index in [-0.39, 0.29) is 6.03 Å². The third kappa shape index (κ3) is 3.52. The molecule has 4 N–H and O–H groups in total. The van der Waals surface area contributed by atoms with E-state index in [4.69, 9.17) is 17.3 Å². The van der Waals surface area contributed by atoms with Crippen LogP contribution in [0.5, 0.6) is 0 Å². The molecule has 2 amide bonds. The van der Waals surface area contributed by atoms with Crippen molar-refractivity contribution in [3.8, 4) is 0 Å². The molecule has 80 valence electrons. The van der Waals surface area contributed by atoms with Gasteiger partial charge in [0.1, 0.15) is 0 Å². The highest BCUT2D eigenvalue weighted by atomic mass is 35.5. The highest BCUT2D eigenvalue weighted by Crippen LogP contribution is 2.22. The van der Waals surface area contributed by atoms with Crippen LogP contribution in [0.25, 0.3) is 0 Å². The quantitative estimate of drug-likeness (QED) is 0.678. The van der Waals surface area contributed by atoms with Gasteiger partial charge in [-0.25, -0.2) is 4.79 Å². The average molecular weight is 226 g/mol. The van der Waals surface area contributed by atoms with Crippen LogP contribution < -0.4 is 16.4 Å². The molecular weight excluding hydrogens is 214 g/mol. The zero-order chi connectivity index (χ0) is 11.4. The van der Waals surface area contributed by atoms with Crippen LogP contribution in [0.1, 0.15) is 6.92 Å². The Labute approximate surface area is 93.1 Å². The number of amides is 2. The molecule has 0 saturated heterocycles. The third-order valence-electron chi connectivity index (χ3n) is 1.59. The monoisotopic (exact) mass is 225 g/mol. The molecular formula is C10H12ClN3O. The van der Waals surface area contributed by atoms with Crippen LogP contribution >= 0.6 is 11.6 Å². The van der Waals surface area contributed by atoms with Crippen LogP contribution in [-0.4, -0.2) is 6.03 Å². The minimum Gasteiger partial charge on any atom is -0.398 e. The van der Waals surface area contributed by atoms with Crippen molar-refractivity contribution in [2.45, 2.75) is 6.92 Å². The second-order valence-electron chi connectivity index (χ2n) is 3.10. The molecule has 0 atom stereocenters. The highest BCUT2D eigenvalue weighted by molar-refractivity contribution is 6.33. The molecule has 0 aliphatic rings. The minimum absolute atomic E-state index is 0.358. The summed E-state index contributed by atoms with van der Waals surface area (Å²) in [6.07, 6.45) is 0. The molecule has 0 radical (unpaired) electrons. The van der Waals surface area contributed by atoms with Gasteiger partial charge in [-0.3, -0.25) is 0 Å². The highest BCUT2D eigenvalue weighted by Gasteiger charge is 2.02. The summed E-state index contributed by atoms with van der Waals surface area (Å²) in [4.78, 5) is 11.3. The first-order valence-corrected chi connectivity index (χ1v) is 4.65. The van der Waals surface area contributed by atoms with E-state index in [9.17, 15) is 4.79 Å². The smallest absolute Gasteiger partial charge is 0.323 e. The number of nitrogen functional groups attached to an aromatic ring is 1. The average Bonchev–Trinajstić information content (AvgIpc) is 2.10. The summed E-state index contributed by atoms with van der Waals surface area (Å²) in [5.74, 6) is 0. The Balaban J connectivity index is 2.69. The van der Waals surface area contributed by atoms with Gasteiger partial charge >= 0.3 is 6.03 Å². The Bertz CT molecular complexity index is 404. The van der Waals surface area contributed by atoms with Crippen LogP contribution in [0.15, 0.2) is 30.5 Å². The van der Waals surface area contributed by atoms with Crippen molar-refractivity contribution in [2.24, 2.45) is 0 Å². The molecule has 0 spiro atoms. The van der Waals surface area contributed by atoms with Gasteiger partial charge in [-0.05, 0) is 25.1 Å². The van der Waals surface area contributed by atoms with Crippen molar-refractivity contribution in [3.63, 3.8) is 0 Å². The van der Waals surface area contributed by atoms with Gasteiger partial charge in [0.25, 0.3) is 0 Å². The zero-order valence-corrected chi connectivity index (χ0v) is 9.06. The summed E-state index contributed by atoms with van der Waals surface area (Å²) >= 11 is 5.79. The Hall–Kier alpha value is -1.68. The first kappa shape index (κ1) is 11.4. The summed E-state index contributed by atoms with van der Waals surface area (Å²) in [6, 6.07) is 4.51. The van der Waals surface area contributed by atoms with Crippen LogP contribution in [0.2, 0.25) is 5.02 Å². The molecule has 0 heterocycles. The van der Waals surface area contributed by atoms with E-state index in [1.807, 2.05) is 0 Å². The Morgan fingerprint density at radius 3 is 2.73 bits per heavy atom. The Morgan fingerprint density at radius 2 is 2.20 bits per heavy atom. The van der Waals surface area contributed by atoms with E-state index in [0.717, 1.165) is 0 Å². The van der Waals surface area contributed by atoms with Gasteiger partial charge in [0, 0.05) is 11.4 Å². The van der Waals surface area contributed by atoms with Crippen molar-refractivity contribution >= 4 is 29.0 Å². The lowest BCUT2D eigenvalue weighted by Gasteiger charge is -2.07. The van der Waals surface area contributed by atoms with Gasteiger partial charge in [0.2, 0.25) is 0 Å². The van der Waals surface area contributed by atoms with Crippen molar-refractivity contribution in [3.05, 3.63) is 35.5 Å². The van der Waals surface area contributed by atoms with Crippen LogP contribution in [0.3, 0.4) is 0 Å². The van der Waals surface area contributed by atoms with E-state index in [1.165, 1.54) is 0 Å². The fourth-order valence-corrected chi connectivity index (χ4v) is 1.14. The molecule has 1 aromatic carbocycles. The summed E-state index contributed by atoms with van der Waals surface area (Å²) in [5.41, 5.74) is 7.14. The number of nitrogens with two attached hydrogens (primary N) is 1. The molecule has 0 unspecified atom stereocenters. The second-order valence-corrected chi connectivity index (χ2v) is 3.50. The number of halogens is 1. The largest absolute Gasteiger partial charge is 0.398 e. The number of urea groups is 1. The SMILES string of the molecule is C=C(C)NC(=O)Nc1ccc(N)c(Cl)c1. The second kappa shape index (κ2) is 4.70. The lowest BCUT2D eigenvalue weighted by molar-refractivity contribution is 0.254. The van der Waals surface area contributed by atoms with E-state index < -0.39 is 0 Å². The maximum atomic E-state index is 11.3. The van der Waals surface area contributed by atoms with Crippen molar-refractivity contribution in [1.29, 1.82) is 0 Å². The molecule has 5 heteroatoms. The summed E-state index contributed by atoms with van der Waals surface area (Å²) in [6.45, 7) is 5.24. The summed E-state index contributed by atoms with van der Waals surface area (Å²) < 4.78 is 0. The number of benzene rings is 1. The van der Waals surface area contributed by atoms with Crippen LogP contribution in [0.4, 0.5) is 16.2 Å². The van der Waals surface area contributed by atoms with Gasteiger partial charge in [0.05, 0.1) is 10.7 Å². The number of anilines is 2. The summed E-state index contributed by atoms with van der Waals surface area (Å²) in [7, 11) is 0. The number of allylic oxidation sites excluding steroid dienone is 1. The maximum absolute atomic E-state index is 11.3. The van der Waals surface area contributed by atoms with E-state index in [0.29, 0.717) is 22.1 Å². The molecule has 0 aromatic heterocycles. The van der Waals surface area contributed by atoms with Crippen LogP contribution in [0, 0.1) is 0 Å². The van der Waals surface area contributed by atoms with E-state index in [1.54, 1.807) is 25.1 Å². The first-order chi connectivity index (χ1) is 6.99. The minimum atomic E-state index is -0.358. The fraction of sp³-hybridized carbons (Fsp3) is 0.100. The number of carbonyl (C=O) groups excluding carboxylic acids is 1. The Morgan fingerprint density at radius 1 is 1.53 bits per heavy atom. The van der Waals surface area contributed by atoms with Crippen molar-refractivity contribution < 1.29 is 4.79 Å². The first-order valence-electron chi connectivity index (χ1n) is 4.27. The van der Waals surface area contributed by atoms with Crippen LogP contribution in [-0.2, 0) is 0 Å². The molecule has 4 nitrogen and oxygen atoms in total. The predicted octanol–water partition coefficient (Wildman–Crippen LogP) is 2.58. The molecule has 0 bridgehead atoms. The standard InChI is InChI=1S/C10H12ClN3O/c1-6(2)13-10(15)14-7-3-4-9(12)8(11)5-7/h3-5H,1,12H2,2H3,(H2,13,14,15). The van der Waals surface area contributed by atoms with Crippen molar-refractivity contribution in [2.75, 3.05) is 11.1 Å². The number of hydrogen-bond donors (Lipinski definition) is 3. The predicted molar refractivity (Wildman–Crippen MR) is 62.8 cm³/mol. The van der Waals surface area contributed by atoms with Gasteiger partial charge in [-0.1, -0.05) is 18.2 Å².